The lowest BCUT2D eigenvalue weighted by Crippen LogP contribution is -2.32. The van der Waals surface area contributed by atoms with Crippen LogP contribution in [0.1, 0.15) is 19.8 Å². The summed E-state index contributed by atoms with van der Waals surface area (Å²) in [6.45, 7) is 1.67. The Morgan fingerprint density at radius 2 is 2.05 bits per heavy atom. The van der Waals surface area contributed by atoms with Crippen LogP contribution in [0.25, 0.3) is 0 Å². The zero-order valence-electron chi connectivity index (χ0n) is 11.2. The van der Waals surface area contributed by atoms with Gasteiger partial charge in [0.25, 0.3) is 10.0 Å². The topological polar surface area (TPSA) is 119 Å². The fraction of sp³-hybridized carbons (Fsp3) is 0.800. The Morgan fingerprint density at radius 3 is 2.52 bits per heavy atom. The number of esters is 1. The number of hydrogen-bond donors (Lipinski definition) is 2. The molecule has 0 aliphatic rings. The first-order chi connectivity index (χ1) is 9.49. The lowest BCUT2D eigenvalue weighted by atomic mass is 10.2. The van der Waals surface area contributed by atoms with E-state index in [1.165, 1.54) is 0 Å². The quantitative estimate of drug-likeness (QED) is 0.476. The normalized spacial score (nSPS) is 15.9. The molecule has 0 amide bonds. The third kappa shape index (κ3) is 8.63. The summed E-state index contributed by atoms with van der Waals surface area (Å²) in [6, 6.07) is -1.11. The smallest absolute Gasteiger partial charge is 0.414 e. The molecule has 0 bridgehead atoms. The molecule has 0 aliphatic heterocycles. The van der Waals surface area contributed by atoms with Crippen LogP contribution in [0.3, 0.4) is 0 Å². The highest BCUT2D eigenvalue weighted by Gasteiger charge is 2.38. The van der Waals surface area contributed by atoms with E-state index in [-0.39, 0.29) is 13.0 Å². The maximum Gasteiger partial charge on any atom is 0.414 e. The Morgan fingerprint density at radius 1 is 1.48 bits per heavy atom. The van der Waals surface area contributed by atoms with Crippen LogP contribution in [0.2, 0.25) is 0 Å². The van der Waals surface area contributed by atoms with Crippen molar-refractivity contribution in [3.63, 3.8) is 0 Å². The number of alkyl halides is 3. The Balaban J connectivity index is 4.36. The number of carbonyl (C=O) groups is 1. The average molecular weight is 334 g/mol. The van der Waals surface area contributed by atoms with E-state index in [1.54, 1.807) is 6.92 Å². The van der Waals surface area contributed by atoms with Gasteiger partial charge in [0.1, 0.15) is 6.04 Å². The van der Waals surface area contributed by atoms with Gasteiger partial charge < -0.3 is 15.6 Å². The van der Waals surface area contributed by atoms with Gasteiger partial charge in [-0.15, -0.1) is 0 Å². The molecule has 21 heavy (non-hydrogen) atoms. The van der Waals surface area contributed by atoms with Crippen molar-refractivity contribution in [2.24, 2.45) is 10.1 Å². The van der Waals surface area contributed by atoms with Gasteiger partial charge in [-0.3, -0.25) is 4.79 Å². The van der Waals surface area contributed by atoms with Gasteiger partial charge in [0.05, 0.1) is 12.4 Å². The molecule has 0 spiro atoms. The Kier molecular flexibility index (Phi) is 7.82. The molecule has 0 aromatic carbocycles. The number of sulfonamides is 1. The maximum absolute atomic E-state index is 12.0. The number of halogens is 3. The number of aliphatic hydroxyl groups is 1. The molecule has 124 valence electrons. The molecular formula is C10H17F3N2O5S. The van der Waals surface area contributed by atoms with Crippen molar-refractivity contribution in [1.82, 2.24) is 0 Å². The van der Waals surface area contributed by atoms with Crippen molar-refractivity contribution in [3.8, 4) is 0 Å². The van der Waals surface area contributed by atoms with E-state index in [2.05, 4.69) is 9.13 Å². The van der Waals surface area contributed by atoms with E-state index in [0.717, 1.165) is 6.21 Å². The van der Waals surface area contributed by atoms with Gasteiger partial charge in [0.2, 0.25) is 0 Å². The van der Waals surface area contributed by atoms with Crippen LogP contribution in [0, 0.1) is 0 Å². The second-order valence-corrected chi connectivity index (χ2v) is 5.80. The monoisotopic (exact) mass is 334 g/mol. The fourth-order valence-electron chi connectivity index (χ4n) is 1.09. The van der Waals surface area contributed by atoms with Gasteiger partial charge in [-0.25, -0.2) is 8.42 Å². The first-order valence-electron chi connectivity index (χ1n) is 5.93. The maximum atomic E-state index is 12.0. The summed E-state index contributed by atoms with van der Waals surface area (Å²) >= 11 is 0. The predicted molar refractivity (Wildman–Crippen MR) is 68.2 cm³/mol. The summed E-state index contributed by atoms with van der Waals surface area (Å²) in [5.74, 6) is -1.72. The van der Waals surface area contributed by atoms with Gasteiger partial charge in [0, 0.05) is 12.6 Å². The molecule has 0 rings (SSSR count). The fourth-order valence-corrected chi connectivity index (χ4v) is 2.03. The van der Waals surface area contributed by atoms with Gasteiger partial charge in [-0.1, -0.05) is 0 Å². The Bertz CT molecular complexity index is 464. The second kappa shape index (κ2) is 8.29. The number of aliphatic hydroxyl groups excluding tert-OH is 1. The molecule has 0 saturated heterocycles. The number of rotatable bonds is 8. The van der Waals surface area contributed by atoms with E-state index < -0.39 is 46.5 Å². The second-order valence-electron chi connectivity index (χ2n) is 4.01. The van der Waals surface area contributed by atoms with Crippen LogP contribution < -0.4 is 5.73 Å². The van der Waals surface area contributed by atoms with E-state index in [1.807, 2.05) is 0 Å². The van der Waals surface area contributed by atoms with Gasteiger partial charge in [0.15, 0.2) is 6.10 Å². The van der Waals surface area contributed by atoms with Crippen LogP contribution in [0.5, 0.6) is 0 Å². The number of hydrogen-bond acceptors (Lipinski definition) is 6. The highest BCUT2D eigenvalue weighted by atomic mass is 32.2. The van der Waals surface area contributed by atoms with Crippen molar-refractivity contribution in [3.05, 3.63) is 0 Å². The molecule has 0 radical (unpaired) electrons. The zero-order chi connectivity index (χ0) is 16.7. The third-order valence-corrected chi connectivity index (χ3v) is 3.43. The first kappa shape index (κ1) is 19.8. The van der Waals surface area contributed by atoms with E-state index in [0.29, 0.717) is 0 Å². The summed E-state index contributed by atoms with van der Waals surface area (Å²) in [6.07, 6.45) is -8.06. The van der Waals surface area contributed by atoms with Gasteiger partial charge in [-0.2, -0.15) is 17.6 Å². The van der Waals surface area contributed by atoms with E-state index >= 15 is 0 Å². The van der Waals surface area contributed by atoms with Crippen molar-refractivity contribution in [2.45, 2.75) is 38.1 Å². The first-order valence-corrected chi connectivity index (χ1v) is 7.54. The minimum atomic E-state index is -4.88. The minimum Gasteiger partial charge on any atom is -0.465 e. The molecule has 11 heteroatoms. The number of nitrogens with zero attached hydrogens (tertiary/aromatic N) is 1. The predicted octanol–water partition coefficient (Wildman–Crippen LogP) is -0.0192. The molecule has 2 atom stereocenters. The molecule has 3 N–H and O–H groups in total. The molecular weight excluding hydrogens is 317 g/mol. The summed E-state index contributed by atoms with van der Waals surface area (Å²) < 4.78 is 66.2. The molecule has 0 aromatic heterocycles. The largest absolute Gasteiger partial charge is 0.465 e. The van der Waals surface area contributed by atoms with E-state index in [4.69, 9.17) is 10.8 Å². The van der Waals surface area contributed by atoms with Crippen molar-refractivity contribution < 1.29 is 36.2 Å². The summed E-state index contributed by atoms with van der Waals surface area (Å²) in [5.41, 5.74) is 5.36. The van der Waals surface area contributed by atoms with Gasteiger partial charge in [-0.05, 0) is 13.3 Å². The van der Waals surface area contributed by atoms with Crippen LogP contribution in [0.4, 0.5) is 13.2 Å². The third-order valence-electron chi connectivity index (χ3n) is 2.21. The summed E-state index contributed by atoms with van der Waals surface area (Å²) in [4.78, 5) is 11.1. The number of ether oxygens (including phenoxy) is 1. The zero-order valence-corrected chi connectivity index (χ0v) is 12.0. The highest BCUT2D eigenvalue weighted by molar-refractivity contribution is 7.90. The van der Waals surface area contributed by atoms with Crippen LogP contribution in [-0.2, 0) is 19.6 Å². The minimum absolute atomic E-state index is 0.108. The molecule has 7 nitrogen and oxygen atoms in total. The molecule has 0 heterocycles. The Labute approximate surface area is 120 Å². The molecule has 0 saturated carbocycles. The van der Waals surface area contributed by atoms with Crippen molar-refractivity contribution >= 4 is 22.2 Å². The van der Waals surface area contributed by atoms with Crippen LogP contribution in [-0.4, -0.2) is 56.4 Å². The molecule has 0 aromatic rings. The summed E-state index contributed by atoms with van der Waals surface area (Å²) in [7, 11) is -4.17. The Hall–Kier alpha value is -1.20. The average Bonchev–Trinajstić information content (AvgIpc) is 2.34. The number of carbonyl (C=O) groups excluding carboxylic acids is 1. The van der Waals surface area contributed by atoms with Gasteiger partial charge >= 0.3 is 12.1 Å². The number of nitrogens with two attached hydrogens (primary N) is 1. The van der Waals surface area contributed by atoms with E-state index in [9.17, 15) is 26.4 Å². The van der Waals surface area contributed by atoms with Crippen molar-refractivity contribution in [1.29, 1.82) is 0 Å². The molecule has 0 aliphatic carbocycles. The molecule has 0 fully saturated rings. The van der Waals surface area contributed by atoms with Crippen molar-refractivity contribution in [2.75, 3.05) is 12.4 Å². The van der Waals surface area contributed by atoms with Crippen LogP contribution >= 0.6 is 0 Å². The molecule has 2 unspecified atom stereocenters. The van der Waals surface area contributed by atoms with Crippen LogP contribution in [0.15, 0.2) is 4.40 Å². The SMILES string of the molecule is CCOC(=O)C(N)C/C=N/S(=O)(=O)CCC(O)C(F)(F)F. The lowest BCUT2D eigenvalue weighted by Gasteiger charge is -2.13. The highest BCUT2D eigenvalue weighted by Crippen LogP contribution is 2.22. The summed E-state index contributed by atoms with van der Waals surface area (Å²) in [5, 5.41) is 8.67. The standard InChI is InChI=1S/C10H17F3N2O5S/c1-2-20-9(17)7(14)3-5-15-21(18,19)6-4-8(16)10(11,12)13/h5,7-8,16H,2-4,6,14H2,1H3/b15-5+. The lowest BCUT2D eigenvalue weighted by molar-refractivity contribution is -0.203.